The van der Waals surface area contributed by atoms with Crippen LogP contribution in [0.25, 0.3) is 0 Å². The average molecular weight is 416 g/mol. The molecule has 1 aromatic heterocycles. The molecular weight excluding hydrogens is 394 g/mol. The van der Waals surface area contributed by atoms with Crippen molar-refractivity contribution in [2.75, 3.05) is 7.11 Å². The zero-order chi connectivity index (χ0) is 20.7. The lowest BCUT2D eigenvalue weighted by Gasteiger charge is -2.19. The van der Waals surface area contributed by atoms with Crippen LogP contribution in [0, 0.1) is 22.8 Å². The Kier molecular flexibility index (Phi) is 7.39. The lowest BCUT2D eigenvalue weighted by atomic mass is 10.1. The molecule has 0 aliphatic carbocycles. The Morgan fingerprint density at radius 3 is 2.68 bits per heavy atom. The number of halogens is 1. The molecule has 146 valence electrons. The topological polar surface area (TPSA) is 86.5 Å². The minimum absolute atomic E-state index is 0.108. The van der Waals surface area contributed by atoms with E-state index in [4.69, 9.17) is 21.6 Å². The van der Waals surface area contributed by atoms with Crippen LogP contribution in [0.5, 0.6) is 5.75 Å². The smallest absolute Gasteiger partial charge is 0.207 e. The minimum Gasteiger partial charge on any atom is -0.496 e. The Hall–Kier alpha value is -2.61. The molecule has 1 aromatic carbocycles. The summed E-state index contributed by atoms with van der Waals surface area (Å²) in [6, 6.07) is 7.28. The highest BCUT2D eigenvalue weighted by molar-refractivity contribution is 7.04. The van der Waals surface area contributed by atoms with Gasteiger partial charge >= 0.3 is 0 Å². The molecule has 0 saturated heterocycles. The average Bonchev–Trinajstić information content (AvgIpc) is 3.05. The minimum atomic E-state index is -0.108. The molecule has 0 aliphatic heterocycles. The van der Waals surface area contributed by atoms with Crippen LogP contribution < -0.4 is 9.41 Å². The molecule has 0 bridgehead atoms. The van der Waals surface area contributed by atoms with Crippen LogP contribution in [0.3, 0.4) is 0 Å². The fraction of sp³-hybridized carbons (Fsp3) is 0.400. The number of nitriles is 2. The van der Waals surface area contributed by atoms with Crippen molar-refractivity contribution >= 4 is 29.0 Å². The highest BCUT2D eigenvalue weighted by Crippen LogP contribution is 2.24. The number of nitrogens with zero attached hydrogens (tertiary/aromatic N) is 5. The van der Waals surface area contributed by atoms with E-state index in [-0.39, 0.29) is 11.4 Å². The van der Waals surface area contributed by atoms with Gasteiger partial charge < -0.3 is 4.74 Å². The van der Waals surface area contributed by atoms with Gasteiger partial charge in [-0.3, -0.25) is 3.96 Å². The van der Waals surface area contributed by atoms with Gasteiger partial charge in [0.05, 0.1) is 18.7 Å². The lowest BCUT2D eigenvalue weighted by Crippen LogP contribution is -2.18. The Bertz CT molecular complexity index is 1010. The van der Waals surface area contributed by atoms with E-state index in [0.717, 1.165) is 23.1 Å². The fourth-order valence-electron chi connectivity index (χ4n) is 2.47. The van der Waals surface area contributed by atoms with Crippen LogP contribution in [0.1, 0.15) is 44.7 Å². The maximum absolute atomic E-state index is 9.18. The van der Waals surface area contributed by atoms with Crippen molar-refractivity contribution in [1.29, 1.82) is 10.5 Å². The number of amidine groups is 1. The molecule has 2 aromatic rings. The van der Waals surface area contributed by atoms with E-state index in [1.807, 2.05) is 6.19 Å². The summed E-state index contributed by atoms with van der Waals surface area (Å²) in [5, 5.41) is 18.5. The largest absolute Gasteiger partial charge is 0.496 e. The molecule has 0 spiro atoms. The van der Waals surface area contributed by atoms with E-state index >= 15 is 0 Å². The van der Waals surface area contributed by atoms with Crippen molar-refractivity contribution in [1.82, 2.24) is 3.96 Å². The molecule has 0 aliphatic rings. The molecule has 8 heteroatoms. The first-order valence-electron chi connectivity index (χ1n) is 8.75. The number of benzene rings is 1. The van der Waals surface area contributed by atoms with Gasteiger partial charge in [-0.1, -0.05) is 11.6 Å². The standard InChI is InChI=1S/C20H22ClN5OS/c1-20(2,3)26-12-14(7-5-6-10-22)19(28-26)25-18(24-13-23)16-11-15(21)8-9-17(16)27-4/h8-9,11-12H,5-7H2,1-4H3. The summed E-state index contributed by atoms with van der Waals surface area (Å²) in [5.74, 6) is 0.778. The van der Waals surface area contributed by atoms with Crippen LogP contribution >= 0.6 is 23.1 Å². The van der Waals surface area contributed by atoms with Gasteiger partial charge in [0, 0.05) is 28.7 Å². The Balaban J connectivity index is 2.63. The highest BCUT2D eigenvalue weighted by Gasteiger charge is 2.17. The Morgan fingerprint density at radius 2 is 2.07 bits per heavy atom. The second-order valence-electron chi connectivity index (χ2n) is 7.05. The van der Waals surface area contributed by atoms with Gasteiger partial charge in [0.15, 0.2) is 5.84 Å². The first-order valence-corrected chi connectivity index (χ1v) is 9.90. The van der Waals surface area contributed by atoms with Gasteiger partial charge in [-0.05, 0) is 63.3 Å². The normalized spacial score (nSPS) is 12.5. The monoisotopic (exact) mass is 415 g/mol. The molecule has 6 nitrogen and oxygen atoms in total. The van der Waals surface area contributed by atoms with Crippen LogP contribution in [0.15, 0.2) is 34.4 Å². The number of aliphatic imine (C=N–C) groups is 1. The van der Waals surface area contributed by atoms with Crippen molar-refractivity contribution in [3.63, 3.8) is 0 Å². The van der Waals surface area contributed by atoms with E-state index in [1.165, 1.54) is 11.5 Å². The molecule has 0 fully saturated rings. The SMILES string of the molecule is COc1ccc(Cl)cc1C(=NC#N)N=c1sn(C(C)(C)C)cc1CCCC#N. The zero-order valence-electron chi connectivity index (χ0n) is 16.4. The number of aryl methyl sites for hydroxylation is 1. The van der Waals surface area contributed by atoms with Crippen LogP contribution in [0.2, 0.25) is 5.02 Å². The molecule has 2 rings (SSSR count). The van der Waals surface area contributed by atoms with Crippen molar-refractivity contribution < 1.29 is 4.74 Å². The number of hydrogen-bond donors (Lipinski definition) is 0. The summed E-state index contributed by atoms with van der Waals surface area (Å²) in [7, 11) is 1.54. The first-order chi connectivity index (χ1) is 13.3. The molecule has 1 heterocycles. The number of methoxy groups -OCH3 is 1. The second kappa shape index (κ2) is 9.54. The third kappa shape index (κ3) is 5.45. The molecule has 0 radical (unpaired) electrons. The van der Waals surface area contributed by atoms with Gasteiger partial charge in [0.25, 0.3) is 0 Å². The number of aromatic nitrogens is 1. The second-order valence-corrected chi connectivity index (χ2v) is 8.45. The van der Waals surface area contributed by atoms with Crippen molar-refractivity contribution in [3.8, 4) is 18.0 Å². The number of unbranched alkanes of at least 4 members (excludes halogenated alkanes) is 1. The van der Waals surface area contributed by atoms with Crippen molar-refractivity contribution in [2.45, 2.75) is 45.6 Å². The predicted molar refractivity (Wildman–Crippen MR) is 112 cm³/mol. The Morgan fingerprint density at radius 1 is 1.32 bits per heavy atom. The summed E-state index contributed by atoms with van der Waals surface area (Å²) in [6.45, 7) is 6.32. The van der Waals surface area contributed by atoms with E-state index in [0.29, 0.717) is 22.8 Å². The van der Waals surface area contributed by atoms with Crippen LogP contribution in [-0.4, -0.2) is 16.9 Å². The first kappa shape index (κ1) is 21.7. The van der Waals surface area contributed by atoms with Gasteiger partial charge in [0.2, 0.25) is 6.19 Å². The number of hydrogen-bond acceptors (Lipinski definition) is 5. The Labute approximate surface area is 174 Å². The predicted octanol–water partition coefficient (Wildman–Crippen LogP) is 4.64. The van der Waals surface area contributed by atoms with Gasteiger partial charge in [-0.2, -0.15) is 15.5 Å². The van der Waals surface area contributed by atoms with Crippen LogP contribution in [0.4, 0.5) is 0 Å². The third-order valence-electron chi connectivity index (χ3n) is 3.89. The van der Waals surface area contributed by atoms with Gasteiger partial charge in [0.1, 0.15) is 10.4 Å². The quantitative estimate of drug-likeness (QED) is 0.308. The van der Waals surface area contributed by atoms with E-state index in [9.17, 15) is 5.26 Å². The van der Waals surface area contributed by atoms with E-state index in [1.54, 1.807) is 25.3 Å². The summed E-state index contributed by atoms with van der Waals surface area (Å²) in [6.07, 6.45) is 5.81. The molecule has 0 amide bonds. The number of rotatable bonds is 5. The highest BCUT2D eigenvalue weighted by atomic mass is 35.5. The lowest BCUT2D eigenvalue weighted by molar-refractivity contribution is 0.414. The van der Waals surface area contributed by atoms with E-state index < -0.39 is 0 Å². The fourth-order valence-corrected chi connectivity index (χ4v) is 3.68. The molecule has 28 heavy (non-hydrogen) atoms. The maximum atomic E-state index is 9.18. The van der Waals surface area contributed by atoms with Crippen LogP contribution in [-0.2, 0) is 12.0 Å². The van der Waals surface area contributed by atoms with Gasteiger partial charge in [-0.15, -0.1) is 0 Å². The number of ether oxygens (including phenoxy) is 1. The van der Waals surface area contributed by atoms with Crippen molar-refractivity contribution in [3.05, 3.63) is 45.2 Å². The molecule has 0 saturated carbocycles. The maximum Gasteiger partial charge on any atom is 0.207 e. The summed E-state index contributed by atoms with van der Waals surface area (Å²) < 4.78 is 8.26. The summed E-state index contributed by atoms with van der Waals surface area (Å²) in [4.78, 5) is 8.60. The molecule has 0 unspecified atom stereocenters. The zero-order valence-corrected chi connectivity index (χ0v) is 17.9. The summed E-state index contributed by atoms with van der Waals surface area (Å²) in [5.41, 5.74) is 1.46. The molecular formula is C20H22ClN5OS. The molecule has 0 atom stereocenters. The molecule has 0 N–H and O–H groups in total. The van der Waals surface area contributed by atoms with Crippen molar-refractivity contribution in [2.24, 2.45) is 9.98 Å². The third-order valence-corrected chi connectivity index (χ3v) is 5.51. The van der Waals surface area contributed by atoms with Gasteiger partial charge in [-0.25, -0.2) is 4.99 Å². The summed E-state index contributed by atoms with van der Waals surface area (Å²) >= 11 is 7.63. The van der Waals surface area contributed by atoms with E-state index in [2.05, 4.69) is 47.0 Å².